The summed E-state index contributed by atoms with van der Waals surface area (Å²) in [6.07, 6.45) is 0.678. The van der Waals surface area contributed by atoms with Gasteiger partial charge in [-0.15, -0.1) is 0 Å². The van der Waals surface area contributed by atoms with Crippen LogP contribution in [-0.4, -0.2) is 18.0 Å². The second kappa shape index (κ2) is 7.58. The van der Waals surface area contributed by atoms with E-state index in [9.17, 15) is 9.59 Å². The molecule has 4 heteroatoms. The zero-order chi connectivity index (χ0) is 16.8. The summed E-state index contributed by atoms with van der Waals surface area (Å²) in [5.74, 6) is -0.182. The maximum absolute atomic E-state index is 12.1. The van der Waals surface area contributed by atoms with Gasteiger partial charge in [-0.2, -0.15) is 0 Å². The molecule has 0 spiro atoms. The van der Waals surface area contributed by atoms with Crippen LogP contribution in [-0.2, 0) is 9.53 Å². The lowest BCUT2D eigenvalue weighted by molar-refractivity contribution is -0.131. The van der Waals surface area contributed by atoms with E-state index in [1.165, 1.54) is 6.92 Å². The van der Waals surface area contributed by atoms with Crippen LogP contribution in [0.25, 0.3) is 11.1 Å². The molecular formula is C19H20O4. The molecule has 120 valence electrons. The Bertz CT molecular complexity index is 689. The summed E-state index contributed by atoms with van der Waals surface area (Å²) in [6, 6.07) is 14.4. The van der Waals surface area contributed by atoms with Gasteiger partial charge in [-0.25, -0.2) is 4.79 Å². The normalized spacial score (nSPS) is 11.6. The minimum Gasteiger partial charge on any atom is -0.459 e. The number of benzene rings is 2. The molecular weight excluding hydrogens is 292 g/mol. The van der Waals surface area contributed by atoms with E-state index in [2.05, 4.69) is 0 Å². The van der Waals surface area contributed by atoms with Gasteiger partial charge in [0.2, 0.25) is 0 Å². The molecule has 0 aliphatic carbocycles. The smallest absolute Gasteiger partial charge is 0.338 e. The van der Waals surface area contributed by atoms with E-state index in [4.69, 9.17) is 9.47 Å². The van der Waals surface area contributed by atoms with Crippen LogP contribution in [0.1, 0.15) is 37.6 Å². The number of hydrogen-bond donors (Lipinski definition) is 0. The van der Waals surface area contributed by atoms with E-state index in [0.29, 0.717) is 11.3 Å². The van der Waals surface area contributed by atoms with E-state index >= 15 is 0 Å². The molecule has 0 bridgehead atoms. The van der Waals surface area contributed by atoms with Gasteiger partial charge in [-0.1, -0.05) is 31.2 Å². The van der Waals surface area contributed by atoms with Crippen LogP contribution < -0.4 is 4.74 Å². The molecule has 2 aromatic carbocycles. The van der Waals surface area contributed by atoms with Gasteiger partial charge in [0.25, 0.3) is 0 Å². The van der Waals surface area contributed by atoms with Crippen molar-refractivity contribution in [3.63, 3.8) is 0 Å². The molecule has 0 fully saturated rings. The number of carbonyl (C=O) groups excluding carboxylic acids is 2. The second-order valence-corrected chi connectivity index (χ2v) is 5.32. The van der Waals surface area contributed by atoms with Crippen molar-refractivity contribution in [2.75, 3.05) is 0 Å². The SMILES string of the molecule is CCC(C)OC(=O)c1cccc(-c2ccc(OC(C)=O)cc2)c1. The monoisotopic (exact) mass is 312 g/mol. The van der Waals surface area contributed by atoms with Gasteiger partial charge in [0, 0.05) is 6.92 Å². The minimum atomic E-state index is -0.354. The number of ether oxygens (including phenoxy) is 2. The van der Waals surface area contributed by atoms with Crippen molar-refractivity contribution in [1.29, 1.82) is 0 Å². The molecule has 2 rings (SSSR count). The molecule has 1 atom stereocenters. The van der Waals surface area contributed by atoms with E-state index in [1.807, 2.05) is 38.1 Å². The van der Waals surface area contributed by atoms with E-state index in [-0.39, 0.29) is 18.0 Å². The van der Waals surface area contributed by atoms with Crippen molar-refractivity contribution in [2.24, 2.45) is 0 Å². The van der Waals surface area contributed by atoms with Gasteiger partial charge in [0.15, 0.2) is 0 Å². The van der Waals surface area contributed by atoms with Crippen LogP contribution in [0.2, 0.25) is 0 Å². The maximum atomic E-state index is 12.1. The Balaban J connectivity index is 2.19. The highest BCUT2D eigenvalue weighted by molar-refractivity contribution is 5.91. The minimum absolute atomic E-state index is 0.103. The number of carbonyl (C=O) groups is 2. The maximum Gasteiger partial charge on any atom is 0.338 e. The molecule has 0 heterocycles. The highest BCUT2D eigenvalue weighted by Gasteiger charge is 2.11. The molecule has 0 aliphatic heterocycles. The van der Waals surface area contributed by atoms with Crippen molar-refractivity contribution in [3.8, 4) is 16.9 Å². The molecule has 0 amide bonds. The molecule has 0 aliphatic rings. The summed E-state index contributed by atoms with van der Waals surface area (Å²) in [5, 5.41) is 0. The lowest BCUT2D eigenvalue weighted by Crippen LogP contribution is -2.13. The average molecular weight is 312 g/mol. The third-order valence-corrected chi connectivity index (χ3v) is 3.43. The summed E-state index contributed by atoms with van der Waals surface area (Å²) in [4.78, 5) is 23.0. The summed E-state index contributed by atoms with van der Waals surface area (Å²) in [5.41, 5.74) is 2.35. The second-order valence-electron chi connectivity index (χ2n) is 5.32. The number of rotatable bonds is 5. The van der Waals surface area contributed by atoms with Gasteiger partial charge < -0.3 is 9.47 Å². The number of esters is 2. The van der Waals surface area contributed by atoms with Crippen LogP contribution in [0.15, 0.2) is 48.5 Å². The fourth-order valence-corrected chi connectivity index (χ4v) is 2.04. The van der Waals surface area contributed by atoms with Crippen LogP contribution >= 0.6 is 0 Å². The zero-order valence-corrected chi connectivity index (χ0v) is 13.5. The van der Waals surface area contributed by atoms with Crippen molar-refractivity contribution in [2.45, 2.75) is 33.3 Å². The number of hydrogen-bond acceptors (Lipinski definition) is 4. The van der Waals surface area contributed by atoms with Crippen molar-refractivity contribution < 1.29 is 19.1 Å². The molecule has 23 heavy (non-hydrogen) atoms. The average Bonchev–Trinajstić information content (AvgIpc) is 2.55. The first-order valence-electron chi connectivity index (χ1n) is 7.59. The highest BCUT2D eigenvalue weighted by Crippen LogP contribution is 2.24. The summed E-state index contributed by atoms with van der Waals surface area (Å²) >= 11 is 0. The molecule has 1 unspecified atom stereocenters. The van der Waals surface area contributed by atoms with E-state index < -0.39 is 0 Å². The van der Waals surface area contributed by atoms with Crippen LogP contribution in [0.5, 0.6) is 5.75 Å². The van der Waals surface area contributed by atoms with Gasteiger partial charge >= 0.3 is 11.9 Å². The first kappa shape index (κ1) is 16.7. The van der Waals surface area contributed by atoms with E-state index in [1.54, 1.807) is 24.3 Å². The predicted molar refractivity (Wildman–Crippen MR) is 88.4 cm³/mol. The standard InChI is InChI=1S/C19H20O4/c1-4-13(2)22-19(21)17-7-5-6-16(12-17)15-8-10-18(11-9-15)23-14(3)20/h5-13H,4H2,1-3H3. The molecule has 0 saturated heterocycles. The third-order valence-electron chi connectivity index (χ3n) is 3.43. The summed E-state index contributed by atoms with van der Waals surface area (Å²) < 4.78 is 10.4. The summed E-state index contributed by atoms with van der Waals surface area (Å²) in [7, 11) is 0. The topological polar surface area (TPSA) is 52.6 Å². The molecule has 2 aromatic rings. The lowest BCUT2D eigenvalue weighted by Gasteiger charge is -2.11. The Hall–Kier alpha value is -2.62. The third kappa shape index (κ3) is 4.68. The van der Waals surface area contributed by atoms with E-state index in [0.717, 1.165) is 17.5 Å². The zero-order valence-electron chi connectivity index (χ0n) is 13.5. The Labute approximate surface area is 136 Å². The van der Waals surface area contributed by atoms with Gasteiger partial charge in [0.05, 0.1) is 11.7 Å². The fraction of sp³-hybridized carbons (Fsp3) is 0.263. The van der Waals surface area contributed by atoms with Crippen molar-refractivity contribution >= 4 is 11.9 Å². The Morgan fingerprint density at radius 2 is 1.74 bits per heavy atom. The fourth-order valence-electron chi connectivity index (χ4n) is 2.04. The summed E-state index contributed by atoms with van der Waals surface area (Å²) in [6.45, 7) is 5.20. The quantitative estimate of drug-likeness (QED) is 0.612. The molecule has 0 aromatic heterocycles. The molecule has 4 nitrogen and oxygen atoms in total. The van der Waals surface area contributed by atoms with Gasteiger partial charge in [-0.05, 0) is 48.7 Å². The molecule has 0 radical (unpaired) electrons. The predicted octanol–water partition coefficient (Wildman–Crippen LogP) is 4.23. The first-order chi connectivity index (χ1) is 11.0. The Morgan fingerprint density at radius 1 is 1.04 bits per heavy atom. The van der Waals surface area contributed by atoms with Crippen molar-refractivity contribution in [3.05, 3.63) is 54.1 Å². The van der Waals surface area contributed by atoms with Crippen LogP contribution in [0.3, 0.4) is 0 Å². The van der Waals surface area contributed by atoms with Crippen molar-refractivity contribution in [1.82, 2.24) is 0 Å². The Morgan fingerprint density at radius 3 is 2.35 bits per heavy atom. The molecule has 0 N–H and O–H groups in total. The van der Waals surface area contributed by atoms with Crippen LogP contribution in [0, 0.1) is 0 Å². The molecule has 0 saturated carbocycles. The van der Waals surface area contributed by atoms with Crippen LogP contribution in [0.4, 0.5) is 0 Å². The largest absolute Gasteiger partial charge is 0.459 e. The van der Waals surface area contributed by atoms with Gasteiger partial charge in [0.1, 0.15) is 5.75 Å². The van der Waals surface area contributed by atoms with Gasteiger partial charge in [-0.3, -0.25) is 4.79 Å². The lowest BCUT2D eigenvalue weighted by atomic mass is 10.0. The Kier molecular flexibility index (Phi) is 5.52. The highest BCUT2D eigenvalue weighted by atomic mass is 16.5. The first-order valence-corrected chi connectivity index (χ1v) is 7.59.